The van der Waals surface area contributed by atoms with E-state index < -0.39 is 10.0 Å². The van der Waals surface area contributed by atoms with E-state index in [1.54, 1.807) is 12.1 Å². The molecule has 0 saturated carbocycles. The van der Waals surface area contributed by atoms with Gasteiger partial charge in [-0.1, -0.05) is 12.1 Å². The minimum atomic E-state index is -3.73. The molecular weight excluding hydrogens is 416 g/mol. The molecule has 3 rings (SSSR count). The van der Waals surface area contributed by atoms with E-state index in [9.17, 15) is 8.42 Å². The van der Waals surface area contributed by atoms with Crippen molar-refractivity contribution in [2.45, 2.75) is 32.6 Å². The second kappa shape index (κ2) is 10.2. The number of rotatable bonds is 9. The lowest BCUT2D eigenvalue weighted by molar-refractivity contribution is 0.317. The van der Waals surface area contributed by atoms with E-state index in [4.69, 9.17) is 14.2 Å². The normalized spacial score (nSPS) is 15.0. The zero-order valence-electron chi connectivity index (χ0n) is 18.8. The summed E-state index contributed by atoms with van der Waals surface area (Å²) in [5, 5.41) is 0. The van der Waals surface area contributed by atoms with E-state index in [0.717, 1.165) is 17.0 Å². The molecule has 0 unspecified atom stereocenters. The van der Waals surface area contributed by atoms with E-state index >= 15 is 0 Å². The first-order valence-electron chi connectivity index (χ1n) is 10.8. The predicted molar refractivity (Wildman–Crippen MR) is 122 cm³/mol. The summed E-state index contributed by atoms with van der Waals surface area (Å²) in [5.74, 6) is 1.75. The Kier molecular flexibility index (Phi) is 7.67. The molecule has 0 N–H and O–H groups in total. The maximum Gasteiger partial charge on any atom is 0.247 e. The number of hydrogen-bond acceptors (Lipinski definition) is 6. The molecule has 0 radical (unpaired) electrons. The number of nitrogens with zero attached hydrogens (tertiary/aromatic N) is 2. The third-order valence-corrected chi connectivity index (χ3v) is 7.12. The number of anilines is 1. The SMILES string of the molecule is CCOc1cc(S(=O)(=O)N2CCN(c3ccccc3OCC)CC2)c(OCC)cc1C. The van der Waals surface area contributed by atoms with Gasteiger partial charge < -0.3 is 19.1 Å². The summed E-state index contributed by atoms with van der Waals surface area (Å²) in [6.45, 7) is 10.9. The van der Waals surface area contributed by atoms with Crippen LogP contribution < -0.4 is 19.1 Å². The van der Waals surface area contributed by atoms with Crippen LogP contribution in [0.2, 0.25) is 0 Å². The molecule has 0 bridgehead atoms. The summed E-state index contributed by atoms with van der Waals surface area (Å²) in [4.78, 5) is 2.33. The van der Waals surface area contributed by atoms with Crippen LogP contribution in [-0.4, -0.2) is 58.7 Å². The van der Waals surface area contributed by atoms with Crippen LogP contribution in [-0.2, 0) is 10.0 Å². The molecule has 0 aliphatic carbocycles. The first-order chi connectivity index (χ1) is 14.9. The van der Waals surface area contributed by atoms with Gasteiger partial charge in [0.15, 0.2) is 0 Å². The Bertz CT molecular complexity index is 985. The second-order valence-electron chi connectivity index (χ2n) is 7.22. The lowest BCUT2D eigenvalue weighted by Gasteiger charge is -2.36. The Balaban J connectivity index is 1.84. The van der Waals surface area contributed by atoms with Gasteiger partial charge in [0, 0.05) is 32.2 Å². The van der Waals surface area contributed by atoms with Gasteiger partial charge in [-0.2, -0.15) is 4.31 Å². The monoisotopic (exact) mass is 448 g/mol. The standard InChI is InChI=1S/C23H32N2O5S/c1-5-28-20-11-9-8-10-19(20)24-12-14-25(15-13-24)31(26,27)23-17-21(29-6-2)18(4)16-22(23)30-7-3/h8-11,16-17H,5-7,12-15H2,1-4H3. The molecule has 170 valence electrons. The fourth-order valence-corrected chi connectivity index (χ4v) is 5.28. The van der Waals surface area contributed by atoms with Gasteiger partial charge in [0.2, 0.25) is 10.0 Å². The molecule has 0 amide bonds. The zero-order valence-corrected chi connectivity index (χ0v) is 19.6. The summed E-state index contributed by atoms with van der Waals surface area (Å²) in [6, 6.07) is 11.2. The quantitative estimate of drug-likeness (QED) is 0.583. The Hall–Kier alpha value is -2.45. The number of piperazine rings is 1. The van der Waals surface area contributed by atoms with E-state index in [1.165, 1.54) is 4.31 Å². The van der Waals surface area contributed by atoms with Crippen LogP contribution in [0.3, 0.4) is 0 Å². The second-order valence-corrected chi connectivity index (χ2v) is 9.13. The van der Waals surface area contributed by atoms with Crippen molar-refractivity contribution in [1.82, 2.24) is 4.31 Å². The van der Waals surface area contributed by atoms with Gasteiger partial charge in [-0.25, -0.2) is 8.42 Å². The highest BCUT2D eigenvalue weighted by Crippen LogP contribution is 2.35. The van der Waals surface area contributed by atoms with Crippen molar-refractivity contribution in [3.05, 3.63) is 42.0 Å². The maximum atomic E-state index is 13.5. The number of para-hydroxylation sites is 2. The highest BCUT2D eigenvalue weighted by Gasteiger charge is 2.32. The van der Waals surface area contributed by atoms with Crippen LogP contribution in [0.15, 0.2) is 41.3 Å². The van der Waals surface area contributed by atoms with Gasteiger partial charge in [0.05, 0.1) is 25.5 Å². The lowest BCUT2D eigenvalue weighted by atomic mass is 10.2. The molecule has 1 saturated heterocycles. The topological polar surface area (TPSA) is 68.3 Å². The van der Waals surface area contributed by atoms with Crippen LogP contribution in [0.5, 0.6) is 17.2 Å². The summed E-state index contributed by atoms with van der Waals surface area (Å²) in [5.41, 5.74) is 1.84. The molecule has 1 aliphatic heterocycles. The molecule has 8 heteroatoms. The van der Waals surface area contributed by atoms with Gasteiger partial charge >= 0.3 is 0 Å². The molecule has 2 aromatic rings. The smallest absolute Gasteiger partial charge is 0.247 e. The molecule has 2 aromatic carbocycles. The molecule has 0 atom stereocenters. The third-order valence-electron chi connectivity index (χ3n) is 5.20. The molecule has 1 aliphatic rings. The van der Waals surface area contributed by atoms with Gasteiger partial charge in [-0.15, -0.1) is 0 Å². The average Bonchev–Trinajstić information content (AvgIpc) is 2.76. The number of ether oxygens (including phenoxy) is 3. The molecule has 31 heavy (non-hydrogen) atoms. The van der Waals surface area contributed by atoms with E-state index in [-0.39, 0.29) is 4.90 Å². The van der Waals surface area contributed by atoms with Crippen molar-refractivity contribution in [3.63, 3.8) is 0 Å². The number of sulfonamides is 1. The Morgan fingerprint density at radius 3 is 2.03 bits per heavy atom. The van der Waals surface area contributed by atoms with Gasteiger partial charge in [0.1, 0.15) is 22.1 Å². The van der Waals surface area contributed by atoms with Crippen molar-refractivity contribution in [2.75, 3.05) is 50.9 Å². The van der Waals surface area contributed by atoms with Crippen LogP contribution in [0.25, 0.3) is 0 Å². The first-order valence-corrected chi connectivity index (χ1v) is 12.2. The minimum Gasteiger partial charge on any atom is -0.494 e. The van der Waals surface area contributed by atoms with Gasteiger partial charge in [-0.3, -0.25) is 0 Å². The van der Waals surface area contributed by atoms with Gasteiger partial charge in [-0.05, 0) is 51.5 Å². The molecule has 0 aromatic heterocycles. The fourth-order valence-electron chi connectivity index (χ4n) is 3.73. The Labute approximate surface area is 185 Å². The Morgan fingerprint density at radius 2 is 1.39 bits per heavy atom. The summed E-state index contributed by atoms with van der Waals surface area (Å²) in [7, 11) is -3.73. The highest BCUT2D eigenvalue weighted by molar-refractivity contribution is 7.89. The van der Waals surface area contributed by atoms with E-state index in [0.29, 0.717) is 57.5 Å². The number of aryl methyl sites for hydroxylation is 1. The zero-order chi connectivity index (χ0) is 22.4. The van der Waals surface area contributed by atoms with Crippen molar-refractivity contribution < 1.29 is 22.6 Å². The van der Waals surface area contributed by atoms with E-state index in [2.05, 4.69) is 4.90 Å². The van der Waals surface area contributed by atoms with Crippen LogP contribution in [0.4, 0.5) is 5.69 Å². The molecular formula is C23H32N2O5S. The summed E-state index contributed by atoms with van der Waals surface area (Å²) >= 11 is 0. The third kappa shape index (κ3) is 5.07. The van der Waals surface area contributed by atoms with Crippen molar-refractivity contribution in [1.29, 1.82) is 0 Å². The van der Waals surface area contributed by atoms with Crippen LogP contribution >= 0.6 is 0 Å². The first kappa shape index (κ1) is 23.2. The summed E-state index contributed by atoms with van der Waals surface area (Å²) < 4.78 is 45.6. The lowest BCUT2D eigenvalue weighted by Crippen LogP contribution is -2.48. The van der Waals surface area contributed by atoms with Crippen LogP contribution in [0.1, 0.15) is 26.3 Å². The molecule has 7 nitrogen and oxygen atoms in total. The van der Waals surface area contributed by atoms with Crippen LogP contribution in [0, 0.1) is 6.92 Å². The Morgan fingerprint density at radius 1 is 0.806 bits per heavy atom. The van der Waals surface area contributed by atoms with Gasteiger partial charge in [0.25, 0.3) is 0 Å². The maximum absolute atomic E-state index is 13.5. The predicted octanol–water partition coefficient (Wildman–Crippen LogP) is 3.70. The number of benzene rings is 2. The van der Waals surface area contributed by atoms with Crippen molar-refractivity contribution >= 4 is 15.7 Å². The number of hydrogen-bond donors (Lipinski definition) is 0. The van der Waals surface area contributed by atoms with E-state index in [1.807, 2.05) is 52.0 Å². The van der Waals surface area contributed by atoms with Crippen molar-refractivity contribution in [3.8, 4) is 17.2 Å². The summed E-state index contributed by atoms with van der Waals surface area (Å²) in [6.07, 6.45) is 0. The van der Waals surface area contributed by atoms with Crippen molar-refractivity contribution in [2.24, 2.45) is 0 Å². The molecule has 0 spiro atoms. The highest BCUT2D eigenvalue weighted by atomic mass is 32.2. The minimum absolute atomic E-state index is 0.159. The molecule has 1 heterocycles. The average molecular weight is 449 g/mol. The fraction of sp³-hybridized carbons (Fsp3) is 0.478. The molecule has 1 fully saturated rings. The largest absolute Gasteiger partial charge is 0.494 e.